The molecule has 4 rings (SSSR count). The molecule has 0 aliphatic heterocycles. The molecule has 0 spiro atoms. The minimum Gasteiger partial charge on any atom is -0.429 e. The molecule has 2 heteroatoms. The Kier molecular flexibility index (Phi) is 12.7. The van der Waals surface area contributed by atoms with Crippen LogP contribution in [0.4, 0.5) is 0 Å². The fraction of sp³-hybridized carbons (Fsp3) is 0.788. The number of rotatable bonds is 9. The molecule has 0 unspecified atom stereocenters. The van der Waals surface area contributed by atoms with Crippen LogP contribution in [0.25, 0.3) is 0 Å². The highest BCUT2D eigenvalue weighted by molar-refractivity contribution is 5.45. The van der Waals surface area contributed by atoms with Gasteiger partial charge in [-0.25, -0.2) is 0 Å². The maximum absolute atomic E-state index is 10.3. The van der Waals surface area contributed by atoms with Crippen molar-refractivity contribution in [3.63, 3.8) is 0 Å². The van der Waals surface area contributed by atoms with Crippen LogP contribution in [-0.2, 0) is 4.79 Å². The minimum atomic E-state index is 0.480. The number of unbranched alkanes of at least 4 members (excludes halogenated alkanes) is 1. The van der Waals surface area contributed by atoms with Crippen LogP contribution in [0.5, 0.6) is 5.75 Å². The summed E-state index contributed by atoms with van der Waals surface area (Å²) in [6, 6.07) is 8.01. The Hall–Kier alpha value is -1.31. The van der Waals surface area contributed by atoms with Crippen molar-refractivity contribution in [2.45, 2.75) is 136 Å². The van der Waals surface area contributed by atoms with Gasteiger partial charge in [0.25, 0.3) is 6.47 Å². The molecule has 0 N–H and O–H groups in total. The van der Waals surface area contributed by atoms with Crippen molar-refractivity contribution in [2.75, 3.05) is 0 Å². The molecule has 3 fully saturated rings. The lowest BCUT2D eigenvalue weighted by atomic mass is 9.69. The van der Waals surface area contributed by atoms with Gasteiger partial charge in [-0.2, -0.15) is 0 Å². The van der Waals surface area contributed by atoms with Gasteiger partial charge < -0.3 is 4.74 Å². The first-order valence-electron chi connectivity index (χ1n) is 15.3. The van der Waals surface area contributed by atoms with E-state index in [0.29, 0.717) is 18.1 Å². The predicted molar refractivity (Wildman–Crippen MR) is 149 cm³/mol. The number of carbonyl (C=O) groups is 1. The lowest BCUT2D eigenvalue weighted by molar-refractivity contribution is -0.120. The highest BCUT2D eigenvalue weighted by atomic mass is 16.5. The van der Waals surface area contributed by atoms with Gasteiger partial charge in [-0.15, -0.1) is 0 Å². The fourth-order valence-electron chi connectivity index (χ4n) is 7.27. The molecule has 3 aliphatic carbocycles. The van der Waals surface area contributed by atoms with Crippen molar-refractivity contribution >= 4 is 6.47 Å². The van der Waals surface area contributed by atoms with Crippen molar-refractivity contribution in [3.05, 3.63) is 29.8 Å². The van der Waals surface area contributed by atoms with Crippen LogP contribution in [0.2, 0.25) is 0 Å². The van der Waals surface area contributed by atoms with Gasteiger partial charge in [0.2, 0.25) is 0 Å². The van der Waals surface area contributed by atoms with Crippen LogP contribution in [-0.4, -0.2) is 6.47 Å². The number of hydrogen-bond donors (Lipinski definition) is 0. The zero-order valence-electron chi connectivity index (χ0n) is 23.2. The lowest BCUT2D eigenvalue weighted by Crippen LogP contribution is -2.25. The molecule has 0 atom stereocenters. The first-order valence-corrected chi connectivity index (χ1v) is 15.3. The van der Waals surface area contributed by atoms with Crippen molar-refractivity contribution in [1.82, 2.24) is 0 Å². The molecule has 35 heavy (non-hydrogen) atoms. The molecule has 1 aromatic rings. The number of benzene rings is 1. The van der Waals surface area contributed by atoms with Crippen LogP contribution in [0.3, 0.4) is 0 Å². The third-order valence-corrected chi connectivity index (χ3v) is 9.66. The summed E-state index contributed by atoms with van der Waals surface area (Å²) in [5.74, 6) is 6.61. The highest BCUT2D eigenvalue weighted by Gasteiger charge is 2.29. The summed E-state index contributed by atoms with van der Waals surface area (Å²) in [4.78, 5) is 10.3. The highest BCUT2D eigenvalue weighted by Crippen LogP contribution is 2.42. The van der Waals surface area contributed by atoms with Gasteiger partial charge in [-0.1, -0.05) is 90.7 Å². The molecule has 198 valence electrons. The molecule has 0 bridgehead atoms. The summed E-state index contributed by atoms with van der Waals surface area (Å²) in [5.41, 5.74) is 1.40. The minimum absolute atomic E-state index is 0.480. The molecule has 3 aliphatic rings. The zero-order chi connectivity index (χ0) is 24.9. The van der Waals surface area contributed by atoms with Crippen LogP contribution >= 0.6 is 0 Å². The SMILES string of the molecule is CCCC1CCC(C2CCC(C)CC2)CC1.CCCCC1CCC(c2ccc(OC=O)cc2)CC1. The van der Waals surface area contributed by atoms with E-state index in [4.69, 9.17) is 4.74 Å². The summed E-state index contributed by atoms with van der Waals surface area (Å²) in [6.07, 6.45) is 24.7. The second-order valence-electron chi connectivity index (χ2n) is 12.2. The van der Waals surface area contributed by atoms with Gasteiger partial charge in [0.1, 0.15) is 5.75 Å². The maximum atomic E-state index is 10.3. The Balaban J connectivity index is 0.000000198. The van der Waals surface area contributed by atoms with Crippen molar-refractivity contribution in [1.29, 1.82) is 0 Å². The number of carbonyl (C=O) groups excluding carboxylic acids is 1. The van der Waals surface area contributed by atoms with Gasteiger partial charge in [-0.05, 0) is 105 Å². The first-order chi connectivity index (χ1) is 17.1. The Morgan fingerprint density at radius 3 is 1.80 bits per heavy atom. The standard InChI is InChI=1S/C17H24O2.C16H30/c1-2-3-4-14-5-7-15(8-6-14)16-9-11-17(12-10-16)19-13-18;1-3-4-14-7-11-16(12-8-14)15-9-5-13(2)6-10-15/h9-15H,2-8H2,1H3;13-16H,3-12H2,1-2H3. The molecule has 3 saturated carbocycles. The lowest BCUT2D eigenvalue weighted by Gasteiger charge is -2.37. The Labute approximate surface area is 217 Å². The van der Waals surface area contributed by atoms with E-state index in [1.165, 1.54) is 76.2 Å². The average molecular weight is 483 g/mol. The topological polar surface area (TPSA) is 26.3 Å². The molecule has 0 saturated heterocycles. The average Bonchev–Trinajstić information content (AvgIpc) is 2.90. The van der Waals surface area contributed by atoms with Gasteiger partial charge in [0.15, 0.2) is 0 Å². The second-order valence-corrected chi connectivity index (χ2v) is 12.2. The zero-order valence-corrected chi connectivity index (χ0v) is 23.2. The second kappa shape index (κ2) is 15.7. The van der Waals surface area contributed by atoms with Crippen LogP contribution < -0.4 is 4.74 Å². The van der Waals surface area contributed by atoms with E-state index in [1.54, 1.807) is 38.5 Å². The van der Waals surface area contributed by atoms with Crippen LogP contribution in [0, 0.1) is 29.6 Å². The summed E-state index contributed by atoms with van der Waals surface area (Å²) < 4.78 is 4.83. The monoisotopic (exact) mass is 482 g/mol. The van der Waals surface area contributed by atoms with Crippen LogP contribution in [0.15, 0.2) is 24.3 Å². The van der Waals surface area contributed by atoms with Crippen LogP contribution in [0.1, 0.15) is 141 Å². The summed E-state index contributed by atoms with van der Waals surface area (Å²) in [6.45, 7) is 7.53. The fourth-order valence-corrected chi connectivity index (χ4v) is 7.27. The summed E-state index contributed by atoms with van der Waals surface area (Å²) >= 11 is 0. The van der Waals surface area contributed by atoms with Crippen molar-refractivity contribution in [2.24, 2.45) is 29.6 Å². The Bertz CT molecular complexity index is 672. The molecule has 0 radical (unpaired) electrons. The number of hydrogen-bond acceptors (Lipinski definition) is 2. The van der Waals surface area contributed by atoms with Gasteiger partial charge >= 0.3 is 0 Å². The van der Waals surface area contributed by atoms with Gasteiger partial charge in [-0.3, -0.25) is 4.79 Å². The molecule has 0 heterocycles. The molecular formula is C33H54O2. The first kappa shape index (κ1) is 28.3. The third-order valence-electron chi connectivity index (χ3n) is 9.66. The van der Waals surface area contributed by atoms with Gasteiger partial charge in [0.05, 0.1) is 0 Å². The van der Waals surface area contributed by atoms with E-state index in [9.17, 15) is 4.79 Å². The maximum Gasteiger partial charge on any atom is 0.298 e. The van der Waals surface area contributed by atoms with Gasteiger partial charge in [0, 0.05) is 0 Å². The van der Waals surface area contributed by atoms with E-state index >= 15 is 0 Å². The third kappa shape index (κ3) is 9.58. The molecule has 2 nitrogen and oxygen atoms in total. The molecular weight excluding hydrogens is 428 g/mol. The quantitative estimate of drug-likeness (QED) is 0.327. The van der Waals surface area contributed by atoms with Crippen molar-refractivity contribution < 1.29 is 9.53 Å². The molecule has 1 aromatic carbocycles. The van der Waals surface area contributed by atoms with E-state index < -0.39 is 0 Å². The summed E-state index contributed by atoms with van der Waals surface area (Å²) in [7, 11) is 0. The molecule has 0 aromatic heterocycles. The number of ether oxygens (including phenoxy) is 1. The normalized spacial score (nSPS) is 31.2. The van der Waals surface area contributed by atoms with E-state index in [0.717, 1.165) is 29.6 Å². The van der Waals surface area contributed by atoms with E-state index in [1.807, 2.05) is 12.1 Å². The molecule has 0 amide bonds. The predicted octanol–water partition coefficient (Wildman–Crippen LogP) is 10.1. The Morgan fingerprint density at radius 1 is 0.714 bits per heavy atom. The Morgan fingerprint density at radius 2 is 1.26 bits per heavy atom. The van der Waals surface area contributed by atoms with Crippen molar-refractivity contribution in [3.8, 4) is 5.75 Å². The smallest absolute Gasteiger partial charge is 0.298 e. The van der Waals surface area contributed by atoms with E-state index in [2.05, 4.69) is 32.9 Å². The van der Waals surface area contributed by atoms with E-state index in [-0.39, 0.29) is 0 Å². The largest absolute Gasteiger partial charge is 0.429 e. The summed E-state index contributed by atoms with van der Waals surface area (Å²) in [5, 5.41) is 0.